The molecule has 0 aliphatic heterocycles. The van der Waals surface area contributed by atoms with Crippen LogP contribution in [0.15, 0.2) is 0 Å². The Labute approximate surface area is 45.7 Å². The third-order valence-electron chi connectivity index (χ3n) is 0.479. The van der Waals surface area contributed by atoms with Gasteiger partial charge in [-0.1, -0.05) is 13.2 Å². The first-order chi connectivity index (χ1) is 3.06. The van der Waals surface area contributed by atoms with E-state index in [9.17, 15) is 0 Å². The molecule has 0 heterocycles. The predicted molar refractivity (Wildman–Crippen MR) is 37.8 cm³/mol. The second-order valence-electron chi connectivity index (χ2n) is 2.35. The van der Waals surface area contributed by atoms with Crippen LogP contribution in [0.1, 0.15) is 0 Å². The van der Waals surface area contributed by atoms with Crippen LogP contribution in [0.25, 0.3) is 0 Å². The SMILES string of the molecule is C=P(C)(C)COC. The van der Waals surface area contributed by atoms with Crippen molar-refractivity contribution in [1.82, 2.24) is 0 Å². The molecule has 0 amide bonds. The van der Waals surface area contributed by atoms with Gasteiger partial charge in [-0.2, -0.15) is 0 Å². The molecule has 0 aromatic heterocycles. The highest BCUT2D eigenvalue weighted by atomic mass is 31.2. The van der Waals surface area contributed by atoms with E-state index in [0.717, 1.165) is 6.35 Å². The maximum Gasteiger partial charge on any atom is 0.0643 e. The Bertz CT molecular complexity index is 82.1. The molecule has 0 atom stereocenters. The summed E-state index contributed by atoms with van der Waals surface area (Å²) >= 11 is 0. The molecular formula is C5H13OP. The van der Waals surface area contributed by atoms with Crippen molar-refractivity contribution in [2.24, 2.45) is 0 Å². The number of rotatable bonds is 2. The molecule has 0 rings (SSSR count). The number of ether oxygens (including phenoxy) is 1. The highest BCUT2D eigenvalue weighted by Crippen LogP contribution is 2.33. The van der Waals surface area contributed by atoms with E-state index in [1.165, 1.54) is 0 Å². The summed E-state index contributed by atoms with van der Waals surface area (Å²) < 4.78 is 4.89. The summed E-state index contributed by atoms with van der Waals surface area (Å²) in [5.41, 5.74) is 0. The molecule has 0 saturated carbocycles. The highest BCUT2D eigenvalue weighted by molar-refractivity contribution is 7.72. The minimum Gasteiger partial charge on any atom is -0.380 e. The first-order valence-corrected chi connectivity index (χ1v) is 5.28. The van der Waals surface area contributed by atoms with E-state index in [-0.39, 0.29) is 0 Å². The quantitative estimate of drug-likeness (QED) is 0.499. The maximum atomic E-state index is 4.89. The minimum absolute atomic E-state index is 0.840. The molecular weight excluding hydrogens is 107 g/mol. The Balaban J connectivity index is 3.36. The van der Waals surface area contributed by atoms with Crippen molar-refractivity contribution < 1.29 is 4.74 Å². The fraction of sp³-hybridized carbons (Fsp3) is 0.800. The van der Waals surface area contributed by atoms with E-state index >= 15 is 0 Å². The van der Waals surface area contributed by atoms with Crippen LogP contribution in [0.3, 0.4) is 0 Å². The van der Waals surface area contributed by atoms with E-state index in [1.54, 1.807) is 7.11 Å². The van der Waals surface area contributed by atoms with Gasteiger partial charge in [-0.3, -0.25) is 0 Å². The van der Waals surface area contributed by atoms with E-state index < -0.39 is 6.89 Å². The maximum absolute atomic E-state index is 4.89. The van der Waals surface area contributed by atoms with Gasteiger partial charge in [-0.25, -0.2) is 0 Å². The van der Waals surface area contributed by atoms with Crippen molar-refractivity contribution >= 4 is 13.2 Å². The summed E-state index contributed by atoms with van der Waals surface area (Å²) in [7, 11) is 1.72. The van der Waals surface area contributed by atoms with Crippen LogP contribution >= 0.6 is 6.89 Å². The van der Waals surface area contributed by atoms with E-state index in [1.807, 2.05) is 0 Å². The number of hydrogen-bond donors (Lipinski definition) is 0. The molecule has 0 bridgehead atoms. The summed E-state index contributed by atoms with van der Waals surface area (Å²) in [4.78, 5) is 0. The van der Waals surface area contributed by atoms with Crippen molar-refractivity contribution in [2.75, 3.05) is 26.8 Å². The average Bonchev–Trinajstić information content (AvgIpc) is 1.30. The van der Waals surface area contributed by atoms with Gasteiger partial charge >= 0.3 is 0 Å². The highest BCUT2D eigenvalue weighted by Gasteiger charge is 1.93. The molecule has 7 heavy (non-hydrogen) atoms. The molecule has 0 N–H and O–H groups in total. The zero-order valence-corrected chi connectivity index (χ0v) is 6.16. The summed E-state index contributed by atoms with van der Waals surface area (Å²) in [5, 5.41) is 0. The van der Waals surface area contributed by atoms with Gasteiger partial charge in [-0.05, 0) is 13.3 Å². The lowest BCUT2D eigenvalue weighted by Gasteiger charge is -2.08. The summed E-state index contributed by atoms with van der Waals surface area (Å²) in [6.45, 7) is 3.41. The second kappa shape index (κ2) is 2.54. The first-order valence-electron chi connectivity index (χ1n) is 2.22. The van der Waals surface area contributed by atoms with Crippen molar-refractivity contribution in [3.05, 3.63) is 0 Å². The topological polar surface area (TPSA) is 9.23 Å². The summed E-state index contributed by atoms with van der Waals surface area (Å²) in [5.74, 6) is 0. The largest absolute Gasteiger partial charge is 0.380 e. The van der Waals surface area contributed by atoms with Gasteiger partial charge in [0.05, 0.1) is 6.35 Å². The van der Waals surface area contributed by atoms with Gasteiger partial charge < -0.3 is 4.74 Å². The summed E-state index contributed by atoms with van der Waals surface area (Å²) in [6.07, 6.45) is 4.79. The third kappa shape index (κ3) is 6.26. The van der Waals surface area contributed by atoms with Crippen LogP contribution < -0.4 is 0 Å². The number of hydrogen-bond acceptors (Lipinski definition) is 1. The van der Waals surface area contributed by atoms with E-state index in [2.05, 4.69) is 19.6 Å². The molecule has 0 saturated heterocycles. The molecule has 44 valence electrons. The van der Waals surface area contributed by atoms with Crippen LogP contribution in [0.2, 0.25) is 0 Å². The molecule has 0 spiro atoms. The zero-order chi connectivity index (χ0) is 5.91. The monoisotopic (exact) mass is 120 g/mol. The Morgan fingerprint density at radius 3 is 2.00 bits per heavy atom. The fourth-order valence-corrected chi connectivity index (χ4v) is 1.05. The molecule has 0 aromatic carbocycles. The van der Waals surface area contributed by atoms with Crippen molar-refractivity contribution in [3.63, 3.8) is 0 Å². The third-order valence-corrected chi connectivity index (χ3v) is 1.44. The Hall–Kier alpha value is 0.260. The van der Waals surface area contributed by atoms with Crippen molar-refractivity contribution in [1.29, 1.82) is 0 Å². The fourth-order valence-electron chi connectivity index (χ4n) is 0.349. The minimum atomic E-state index is -0.888. The Morgan fingerprint density at radius 1 is 1.57 bits per heavy atom. The van der Waals surface area contributed by atoms with Crippen LogP contribution in [-0.2, 0) is 4.74 Å². The smallest absolute Gasteiger partial charge is 0.0643 e. The molecule has 0 radical (unpaired) electrons. The van der Waals surface area contributed by atoms with Crippen LogP contribution in [-0.4, -0.2) is 33.1 Å². The first kappa shape index (κ1) is 7.26. The molecule has 0 aliphatic rings. The predicted octanol–water partition coefficient (Wildman–Crippen LogP) is 1.30. The van der Waals surface area contributed by atoms with Crippen LogP contribution in [0, 0.1) is 0 Å². The molecule has 0 fully saturated rings. The van der Waals surface area contributed by atoms with E-state index in [0.29, 0.717) is 0 Å². The lowest BCUT2D eigenvalue weighted by Crippen LogP contribution is -1.86. The van der Waals surface area contributed by atoms with Gasteiger partial charge in [0, 0.05) is 7.11 Å². The molecule has 2 heteroatoms. The normalized spacial score (nSPS) is 11.9. The Kier molecular flexibility index (Phi) is 2.63. The van der Waals surface area contributed by atoms with Crippen LogP contribution in [0.5, 0.6) is 0 Å². The summed E-state index contributed by atoms with van der Waals surface area (Å²) in [6, 6.07) is 0. The number of methoxy groups -OCH3 is 1. The zero-order valence-electron chi connectivity index (χ0n) is 5.27. The van der Waals surface area contributed by atoms with Crippen LogP contribution in [0.4, 0.5) is 0 Å². The lowest BCUT2D eigenvalue weighted by molar-refractivity contribution is 0.255. The van der Waals surface area contributed by atoms with Gasteiger partial charge in [0.15, 0.2) is 0 Å². The van der Waals surface area contributed by atoms with Crippen molar-refractivity contribution in [3.8, 4) is 0 Å². The molecule has 1 nitrogen and oxygen atoms in total. The molecule has 0 aliphatic carbocycles. The second-order valence-corrected chi connectivity index (χ2v) is 6.48. The van der Waals surface area contributed by atoms with Gasteiger partial charge in [0.1, 0.15) is 0 Å². The average molecular weight is 120 g/mol. The van der Waals surface area contributed by atoms with Crippen molar-refractivity contribution in [2.45, 2.75) is 0 Å². The standard InChI is InChI=1S/C5H13OP/c1-6-5-7(2,3)4/h2,5H2,1,3-4H3. The molecule has 0 aromatic rings. The van der Waals surface area contributed by atoms with Gasteiger partial charge in [-0.15, -0.1) is 0 Å². The van der Waals surface area contributed by atoms with Gasteiger partial charge in [0.2, 0.25) is 0 Å². The Morgan fingerprint density at radius 2 is 2.00 bits per heavy atom. The van der Waals surface area contributed by atoms with Gasteiger partial charge in [0.25, 0.3) is 0 Å². The van der Waals surface area contributed by atoms with E-state index in [4.69, 9.17) is 4.74 Å². The lowest BCUT2D eigenvalue weighted by atomic mass is 11.5. The molecule has 0 unspecified atom stereocenters.